The first-order valence-corrected chi connectivity index (χ1v) is 5.00. The molecular weight excluding hydrogens is 226 g/mol. The number of aliphatic hydroxyl groups is 2. The molecule has 8 nitrogen and oxygen atoms in total. The zero-order valence-corrected chi connectivity index (χ0v) is 9.19. The molecule has 8 heteroatoms. The highest BCUT2D eigenvalue weighted by Gasteiger charge is 2.15. The molecule has 1 aromatic rings. The number of amidine groups is 1. The summed E-state index contributed by atoms with van der Waals surface area (Å²) in [5.74, 6) is 0.180. The van der Waals surface area contributed by atoms with Crippen molar-refractivity contribution in [3.05, 3.63) is 18.1 Å². The van der Waals surface area contributed by atoms with Crippen LogP contribution in [0, 0.1) is 0 Å². The smallest absolute Gasteiger partial charge is 0.192 e. The van der Waals surface area contributed by atoms with Gasteiger partial charge in [0.25, 0.3) is 0 Å². The zero-order valence-electron chi connectivity index (χ0n) is 9.19. The third kappa shape index (κ3) is 3.26. The molecule has 0 atom stereocenters. The molecule has 5 N–H and O–H groups in total. The largest absolute Gasteiger partial charge is 0.409 e. The highest BCUT2D eigenvalue weighted by Crippen LogP contribution is 2.13. The van der Waals surface area contributed by atoms with E-state index in [0.717, 1.165) is 0 Å². The number of aliphatic hydroxyl groups excluding tert-OH is 2. The summed E-state index contributed by atoms with van der Waals surface area (Å²) < 4.78 is 0. The molecule has 0 aliphatic heterocycles. The van der Waals surface area contributed by atoms with E-state index in [1.54, 1.807) is 4.90 Å². The van der Waals surface area contributed by atoms with Crippen LogP contribution in [0.25, 0.3) is 0 Å². The molecule has 0 saturated carbocycles. The van der Waals surface area contributed by atoms with E-state index in [1.165, 1.54) is 12.4 Å². The van der Waals surface area contributed by atoms with E-state index in [-0.39, 0.29) is 37.8 Å². The number of hydrogen-bond acceptors (Lipinski definition) is 7. The third-order valence-corrected chi connectivity index (χ3v) is 2.07. The molecule has 0 spiro atoms. The molecular formula is C9H15N5O3. The summed E-state index contributed by atoms with van der Waals surface area (Å²) in [6.45, 7) is 0.328. The maximum Gasteiger partial charge on any atom is 0.192 e. The van der Waals surface area contributed by atoms with E-state index in [4.69, 9.17) is 21.2 Å². The quantitative estimate of drug-likeness (QED) is 0.203. The van der Waals surface area contributed by atoms with Crippen molar-refractivity contribution in [1.82, 2.24) is 9.97 Å². The molecule has 17 heavy (non-hydrogen) atoms. The zero-order chi connectivity index (χ0) is 12.7. The number of nitrogens with zero attached hydrogens (tertiary/aromatic N) is 4. The van der Waals surface area contributed by atoms with Crippen LogP contribution in [0.15, 0.2) is 17.5 Å². The van der Waals surface area contributed by atoms with Gasteiger partial charge in [0, 0.05) is 25.5 Å². The van der Waals surface area contributed by atoms with Crippen LogP contribution in [0.4, 0.5) is 5.82 Å². The lowest BCUT2D eigenvalue weighted by molar-refractivity contribution is 0.280. The Labute approximate surface area is 98.0 Å². The van der Waals surface area contributed by atoms with Gasteiger partial charge >= 0.3 is 0 Å². The molecule has 94 valence electrons. The van der Waals surface area contributed by atoms with Crippen LogP contribution in [0.3, 0.4) is 0 Å². The van der Waals surface area contributed by atoms with Crippen LogP contribution in [-0.2, 0) is 0 Å². The standard InChI is InChI=1S/C9H15N5O3/c10-8(13-17)7-9(12-2-1-11-7)14(3-5-15)4-6-16/h1-2,15-17H,3-6H2,(H2,10,13). The fraction of sp³-hybridized carbons (Fsp3) is 0.444. The van der Waals surface area contributed by atoms with Gasteiger partial charge in [0.05, 0.1) is 13.2 Å². The van der Waals surface area contributed by atoms with Gasteiger partial charge in [0.1, 0.15) is 0 Å². The fourth-order valence-electron chi connectivity index (χ4n) is 1.36. The number of aromatic nitrogens is 2. The molecule has 0 aliphatic rings. The molecule has 1 heterocycles. The Bertz CT molecular complexity index is 379. The van der Waals surface area contributed by atoms with E-state index in [1.807, 2.05) is 0 Å². The molecule has 0 amide bonds. The Balaban J connectivity index is 3.08. The predicted octanol–water partition coefficient (Wildman–Crippen LogP) is -1.64. The van der Waals surface area contributed by atoms with Crippen LogP contribution in [0.2, 0.25) is 0 Å². The number of rotatable bonds is 6. The van der Waals surface area contributed by atoms with Gasteiger partial charge in [-0.25, -0.2) is 9.97 Å². The van der Waals surface area contributed by atoms with E-state index < -0.39 is 0 Å². The molecule has 0 aliphatic carbocycles. The molecule has 0 radical (unpaired) electrons. The van der Waals surface area contributed by atoms with Gasteiger partial charge in [0.2, 0.25) is 0 Å². The molecule has 0 bridgehead atoms. The van der Waals surface area contributed by atoms with E-state index in [2.05, 4.69) is 15.1 Å². The maximum absolute atomic E-state index is 8.93. The highest BCUT2D eigenvalue weighted by molar-refractivity contribution is 5.99. The van der Waals surface area contributed by atoms with Gasteiger partial charge in [-0.15, -0.1) is 0 Å². The van der Waals surface area contributed by atoms with Crippen molar-refractivity contribution in [3.63, 3.8) is 0 Å². The molecule has 0 saturated heterocycles. The van der Waals surface area contributed by atoms with Crippen molar-refractivity contribution in [1.29, 1.82) is 0 Å². The Morgan fingerprint density at radius 3 is 2.35 bits per heavy atom. The van der Waals surface area contributed by atoms with Crippen molar-refractivity contribution in [2.45, 2.75) is 0 Å². The Hall–Kier alpha value is -1.93. The van der Waals surface area contributed by atoms with Crippen LogP contribution in [-0.4, -0.2) is 57.5 Å². The minimum atomic E-state index is -0.172. The van der Waals surface area contributed by atoms with Crippen LogP contribution >= 0.6 is 0 Å². The van der Waals surface area contributed by atoms with Crippen molar-refractivity contribution >= 4 is 11.7 Å². The Morgan fingerprint density at radius 1 is 1.24 bits per heavy atom. The second kappa shape index (κ2) is 6.61. The van der Waals surface area contributed by atoms with E-state index in [9.17, 15) is 0 Å². The van der Waals surface area contributed by atoms with Crippen molar-refractivity contribution in [2.75, 3.05) is 31.2 Å². The van der Waals surface area contributed by atoms with Gasteiger partial charge < -0.3 is 26.1 Å². The number of oxime groups is 1. The van der Waals surface area contributed by atoms with E-state index >= 15 is 0 Å². The lowest BCUT2D eigenvalue weighted by Gasteiger charge is -2.22. The first-order chi connectivity index (χ1) is 8.24. The van der Waals surface area contributed by atoms with Crippen LogP contribution in [0.5, 0.6) is 0 Å². The van der Waals surface area contributed by atoms with Crippen LogP contribution in [0.1, 0.15) is 5.69 Å². The summed E-state index contributed by atoms with van der Waals surface area (Å²) in [4.78, 5) is 9.60. The summed E-state index contributed by atoms with van der Waals surface area (Å²) in [7, 11) is 0. The average molecular weight is 241 g/mol. The number of hydrogen-bond donors (Lipinski definition) is 4. The molecule has 0 fully saturated rings. The summed E-state index contributed by atoms with van der Waals surface area (Å²) in [6.07, 6.45) is 2.86. The number of anilines is 1. The lowest BCUT2D eigenvalue weighted by Crippen LogP contribution is -2.33. The van der Waals surface area contributed by atoms with Crippen LogP contribution < -0.4 is 10.6 Å². The molecule has 1 rings (SSSR count). The maximum atomic E-state index is 8.93. The molecule has 0 aromatic carbocycles. The van der Waals surface area contributed by atoms with Gasteiger partial charge in [-0.05, 0) is 0 Å². The Morgan fingerprint density at radius 2 is 1.82 bits per heavy atom. The Kier molecular flexibility index (Phi) is 5.11. The minimum Gasteiger partial charge on any atom is -0.409 e. The summed E-state index contributed by atoms with van der Waals surface area (Å²) in [6, 6.07) is 0. The second-order valence-electron chi connectivity index (χ2n) is 3.15. The summed E-state index contributed by atoms with van der Waals surface area (Å²) in [5, 5.41) is 29.4. The molecule has 0 unspecified atom stereocenters. The lowest BCUT2D eigenvalue weighted by atomic mass is 10.3. The SMILES string of the molecule is NC(=NO)c1nccnc1N(CCO)CCO. The average Bonchev–Trinajstić information content (AvgIpc) is 2.37. The first kappa shape index (κ1) is 13.1. The van der Waals surface area contributed by atoms with Gasteiger partial charge in [-0.3, -0.25) is 0 Å². The predicted molar refractivity (Wildman–Crippen MR) is 60.9 cm³/mol. The van der Waals surface area contributed by atoms with Crippen molar-refractivity contribution < 1.29 is 15.4 Å². The fourth-order valence-corrected chi connectivity index (χ4v) is 1.36. The third-order valence-electron chi connectivity index (χ3n) is 2.07. The van der Waals surface area contributed by atoms with Crippen molar-refractivity contribution in [2.24, 2.45) is 10.9 Å². The van der Waals surface area contributed by atoms with Gasteiger partial charge in [-0.2, -0.15) is 0 Å². The van der Waals surface area contributed by atoms with Crippen molar-refractivity contribution in [3.8, 4) is 0 Å². The molecule has 1 aromatic heterocycles. The first-order valence-electron chi connectivity index (χ1n) is 5.00. The minimum absolute atomic E-state index is 0.105. The van der Waals surface area contributed by atoms with E-state index in [0.29, 0.717) is 5.82 Å². The normalized spacial score (nSPS) is 11.5. The van der Waals surface area contributed by atoms with Gasteiger partial charge in [-0.1, -0.05) is 5.16 Å². The highest BCUT2D eigenvalue weighted by atomic mass is 16.4. The monoisotopic (exact) mass is 241 g/mol. The number of nitrogens with two attached hydrogens (primary N) is 1. The second-order valence-corrected chi connectivity index (χ2v) is 3.15. The summed E-state index contributed by atoms with van der Waals surface area (Å²) >= 11 is 0. The summed E-state index contributed by atoms with van der Waals surface area (Å²) in [5.41, 5.74) is 5.68. The van der Waals surface area contributed by atoms with Gasteiger partial charge in [0.15, 0.2) is 17.3 Å². The topological polar surface area (TPSA) is 128 Å².